The Morgan fingerprint density at radius 2 is 2.10 bits per heavy atom. The quantitative estimate of drug-likeness (QED) is 0.566. The molecule has 0 radical (unpaired) electrons. The van der Waals surface area contributed by atoms with E-state index in [9.17, 15) is 8.42 Å². The van der Waals surface area contributed by atoms with Gasteiger partial charge < -0.3 is 20.5 Å². The molecule has 4 N–H and O–H groups in total. The number of benzene rings is 1. The molecule has 0 fully saturated rings. The van der Waals surface area contributed by atoms with E-state index in [4.69, 9.17) is 15.6 Å². The molecule has 0 saturated carbocycles. The molecule has 114 valence electrons. The Labute approximate surface area is 119 Å². The zero-order valence-corrected chi connectivity index (χ0v) is 12.5. The smallest absolute Gasteiger partial charge is 0.242 e. The number of aliphatic hydroxyl groups is 1. The Bertz CT molecular complexity index is 534. The minimum absolute atomic E-state index is 0.0137. The first-order chi connectivity index (χ1) is 9.46. The van der Waals surface area contributed by atoms with Gasteiger partial charge in [-0.15, -0.1) is 0 Å². The van der Waals surface area contributed by atoms with Crippen LogP contribution in [0.4, 0.5) is 11.4 Å². The van der Waals surface area contributed by atoms with Gasteiger partial charge in [-0.25, -0.2) is 13.1 Å². The summed E-state index contributed by atoms with van der Waals surface area (Å²) in [6, 6.07) is 4.69. The Balaban J connectivity index is 3.05. The average molecular weight is 303 g/mol. The van der Waals surface area contributed by atoms with Crippen molar-refractivity contribution in [3.8, 4) is 0 Å². The molecule has 0 heterocycles. The number of rotatable bonds is 8. The van der Waals surface area contributed by atoms with Crippen molar-refractivity contribution >= 4 is 21.4 Å². The fraction of sp³-hybridized carbons (Fsp3) is 0.500. The van der Waals surface area contributed by atoms with Crippen LogP contribution in [0.25, 0.3) is 0 Å². The number of sulfonamides is 1. The van der Waals surface area contributed by atoms with Gasteiger partial charge in [-0.2, -0.15) is 0 Å². The lowest BCUT2D eigenvalue weighted by Gasteiger charge is -2.24. The number of aliphatic hydroxyl groups excluding tert-OH is 1. The number of nitrogens with two attached hydrogens (primary N) is 1. The van der Waals surface area contributed by atoms with Crippen LogP contribution in [0.5, 0.6) is 0 Å². The number of nitrogens with one attached hydrogen (secondary N) is 1. The van der Waals surface area contributed by atoms with Gasteiger partial charge in [0.15, 0.2) is 0 Å². The Hall–Kier alpha value is -1.35. The second kappa shape index (κ2) is 7.44. The summed E-state index contributed by atoms with van der Waals surface area (Å²) in [6.07, 6.45) is 0. The highest BCUT2D eigenvalue weighted by Crippen LogP contribution is 2.24. The first-order valence-corrected chi connectivity index (χ1v) is 7.62. The zero-order chi connectivity index (χ0) is 15.2. The van der Waals surface area contributed by atoms with Crippen molar-refractivity contribution in [2.75, 3.05) is 51.1 Å². The molecule has 0 atom stereocenters. The van der Waals surface area contributed by atoms with Gasteiger partial charge in [0.05, 0.1) is 18.9 Å². The Morgan fingerprint density at radius 3 is 2.60 bits per heavy atom. The molecule has 0 aliphatic rings. The monoisotopic (exact) mass is 303 g/mol. The van der Waals surface area contributed by atoms with Crippen LogP contribution in [0, 0.1) is 0 Å². The number of ether oxygens (including phenoxy) is 1. The fourth-order valence-corrected chi connectivity index (χ4v) is 2.62. The van der Waals surface area contributed by atoms with Crippen LogP contribution in [-0.2, 0) is 14.8 Å². The molecule has 0 unspecified atom stereocenters. The van der Waals surface area contributed by atoms with Crippen molar-refractivity contribution in [3.63, 3.8) is 0 Å². The molecular weight excluding hydrogens is 282 g/mol. The van der Waals surface area contributed by atoms with Crippen LogP contribution in [0.1, 0.15) is 0 Å². The molecule has 0 spiro atoms. The molecule has 0 aliphatic heterocycles. The van der Waals surface area contributed by atoms with Crippen LogP contribution >= 0.6 is 0 Å². The molecule has 8 heteroatoms. The highest BCUT2D eigenvalue weighted by Gasteiger charge is 2.16. The van der Waals surface area contributed by atoms with E-state index in [1.807, 2.05) is 4.90 Å². The molecule has 0 aliphatic carbocycles. The van der Waals surface area contributed by atoms with Crippen LogP contribution in [0.15, 0.2) is 23.1 Å². The maximum atomic E-state index is 11.7. The van der Waals surface area contributed by atoms with Gasteiger partial charge in [-0.05, 0) is 25.2 Å². The third-order valence-corrected chi connectivity index (χ3v) is 4.34. The van der Waals surface area contributed by atoms with Crippen molar-refractivity contribution in [1.29, 1.82) is 0 Å². The van der Waals surface area contributed by atoms with Gasteiger partial charge in [-0.3, -0.25) is 0 Å². The molecule has 7 nitrogen and oxygen atoms in total. The summed E-state index contributed by atoms with van der Waals surface area (Å²) < 4.78 is 30.7. The minimum atomic E-state index is -3.57. The number of nitrogens with zero attached hydrogens (tertiary/aromatic N) is 1. The summed E-state index contributed by atoms with van der Waals surface area (Å²) in [4.78, 5) is 1.91. The normalized spacial score (nSPS) is 11.6. The molecule has 1 aromatic rings. The molecule has 1 rings (SSSR count). The SMILES string of the molecule is CNS(=O)(=O)c1ccc(N(CCO)CCOC)cc1N. The average Bonchev–Trinajstić information content (AvgIpc) is 2.43. The Morgan fingerprint density at radius 1 is 1.40 bits per heavy atom. The number of nitrogen functional groups attached to an aromatic ring is 1. The van der Waals surface area contributed by atoms with E-state index < -0.39 is 10.0 Å². The summed E-state index contributed by atoms with van der Waals surface area (Å²) in [5, 5.41) is 9.07. The second-order valence-electron chi connectivity index (χ2n) is 4.13. The van der Waals surface area contributed by atoms with Crippen LogP contribution in [0.2, 0.25) is 0 Å². The zero-order valence-electron chi connectivity index (χ0n) is 11.7. The summed E-state index contributed by atoms with van der Waals surface area (Å²) in [6.45, 7) is 1.48. The van der Waals surface area contributed by atoms with E-state index in [1.165, 1.54) is 13.1 Å². The molecular formula is C12H21N3O4S. The van der Waals surface area contributed by atoms with Crippen molar-refractivity contribution < 1.29 is 18.3 Å². The van der Waals surface area contributed by atoms with Crippen molar-refractivity contribution in [3.05, 3.63) is 18.2 Å². The van der Waals surface area contributed by atoms with E-state index in [0.29, 0.717) is 19.7 Å². The van der Waals surface area contributed by atoms with Crippen molar-refractivity contribution in [2.45, 2.75) is 4.90 Å². The van der Waals surface area contributed by atoms with Crippen LogP contribution in [0.3, 0.4) is 0 Å². The molecule has 20 heavy (non-hydrogen) atoms. The van der Waals surface area contributed by atoms with E-state index in [0.717, 1.165) is 5.69 Å². The number of anilines is 2. The summed E-state index contributed by atoms with van der Waals surface area (Å²) in [5.74, 6) is 0. The summed E-state index contributed by atoms with van der Waals surface area (Å²) in [5.41, 5.74) is 6.71. The largest absolute Gasteiger partial charge is 0.398 e. The molecule has 0 bridgehead atoms. The van der Waals surface area contributed by atoms with E-state index >= 15 is 0 Å². The molecule has 0 aromatic heterocycles. The van der Waals surface area contributed by atoms with Crippen molar-refractivity contribution in [2.24, 2.45) is 0 Å². The van der Waals surface area contributed by atoms with Crippen LogP contribution < -0.4 is 15.4 Å². The number of hydrogen-bond donors (Lipinski definition) is 3. The van der Waals surface area contributed by atoms with Gasteiger partial charge in [0.2, 0.25) is 10.0 Å². The maximum Gasteiger partial charge on any atom is 0.242 e. The summed E-state index contributed by atoms with van der Waals surface area (Å²) in [7, 11) is -0.644. The molecule has 0 amide bonds. The highest BCUT2D eigenvalue weighted by molar-refractivity contribution is 7.89. The number of methoxy groups -OCH3 is 1. The van der Waals surface area contributed by atoms with Gasteiger partial charge in [0.1, 0.15) is 4.90 Å². The van der Waals surface area contributed by atoms with Gasteiger partial charge in [0.25, 0.3) is 0 Å². The topological polar surface area (TPSA) is 105 Å². The predicted molar refractivity (Wildman–Crippen MR) is 78.3 cm³/mol. The lowest BCUT2D eigenvalue weighted by molar-refractivity contribution is 0.203. The first-order valence-electron chi connectivity index (χ1n) is 6.14. The molecule has 0 saturated heterocycles. The fourth-order valence-electron chi connectivity index (χ4n) is 1.78. The second-order valence-corrected chi connectivity index (χ2v) is 5.99. The van der Waals surface area contributed by atoms with E-state index in [-0.39, 0.29) is 17.2 Å². The number of hydrogen-bond acceptors (Lipinski definition) is 6. The predicted octanol–water partition coefficient (Wildman–Crippen LogP) is -0.378. The summed E-state index contributed by atoms with van der Waals surface area (Å²) >= 11 is 0. The third-order valence-electron chi connectivity index (χ3n) is 2.85. The molecule has 1 aromatic carbocycles. The minimum Gasteiger partial charge on any atom is -0.398 e. The lowest BCUT2D eigenvalue weighted by atomic mass is 10.2. The van der Waals surface area contributed by atoms with Crippen LogP contribution in [-0.4, -0.2) is 54.0 Å². The maximum absolute atomic E-state index is 11.7. The van der Waals surface area contributed by atoms with E-state index in [1.54, 1.807) is 19.2 Å². The lowest BCUT2D eigenvalue weighted by Crippen LogP contribution is -2.30. The third kappa shape index (κ3) is 4.07. The van der Waals surface area contributed by atoms with Gasteiger partial charge in [-0.1, -0.05) is 0 Å². The standard InChI is InChI=1S/C12H21N3O4S/c1-14-20(17,18)12-4-3-10(9-11(12)13)15(5-7-16)6-8-19-2/h3-4,9,14,16H,5-8,13H2,1-2H3. The first kappa shape index (κ1) is 16.7. The highest BCUT2D eigenvalue weighted by atomic mass is 32.2. The van der Waals surface area contributed by atoms with Crippen molar-refractivity contribution in [1.82, 2.24) is 4.72 Å². The van der Waals surface area contributed by atoms with E-state index in [2.05, 4.69) is 4.72 Å². The van der Waals surface area contributed by atoms with Gasteiger partial charge in [0, 0.05) is 25.9 Å². The Kier molecular flexibility index (Phi) is 6.21. The van der Waals surface area contributed by atoms with Gasteiger partial charge >= 0.3 is 0 Å².